The molecule has 0 saturated heterocycles. The van der Waals surface area contributed by atoms with Crippen molar-refractivity contribution in [2.45, 2.75) is 26.5 Å². The first-order valence-corrected chi connectivity index (χ1v) is 10.1. The Morgan fingerprint density at radius 1 is 0.889 bits per heavy atom. The van der Waals surface area contributed by atoms with Gasteiger partial charge in [-0.1, -0.05) is 48.0 Å². The van der Waals surface area contributed by atoms with Crippen molar-refractivity contribution >= 4 is 15.7 Å². The third-order valence-corrected chi connectivity index (χ3v) is 5.17. The van der Waals surface area contributed by atoms with Gasteiger partial charge in [-0.25, -0.2) is 8.42 Å². The summed E-state index contributed by atoms with van der Waals surface area (Å²) in [7, 11) is -3.59. The van der Waals surface area contributed by atoms with E-state index in [1.165, 1.54) is 0 Å². The third-order valence-electron chi connectivity index (χ3n) is 3.94. The van der Waals surface area contributed by atoms with E-state index >= 15 is 0 Å². The molecule has 1 aromatic heterocycles. The van der Waals surface area contributed by atoms with Crippen LogP contribution in [-0.4, -0.2) is 18.4 Å². The standard InChI is InChI=1S/C20H21N3O3S/c1-14-9-11-17(12-10-14)13-27(24,25)23-19-15(2)21-20(22-16(19)3)26-18-7-5-4-6-8-18/h4-12,23H,13H2,1-3H3. The first kappa shape index (κ1) is 18.8. The maximum absolute atomic E-state index is 12.5. The van der Waals surface area contributed by atoms with Crippen molar-refractivity contribution < 1.29 is 13.2 Å². The number of hydrogen-bond acceptors (Lipinski definition) is 5. The highest BCUT2D eigenvalue weighted by molar-refractivity contribution is 7.91. The minimum Gasteiger partial charge on any atom is -0.424 e. The van der Waals surface area contributed by atoms with Gasteiger partial charge in [-0.2, -0.15) is 9.97 Å². The lowest BCUT2D eigenvalue weighted by Gasteiger charge is -2.14. The van der Waals surface area contributed by atoms with Gasteiger partial charge in [-0.05, 0) is 38.5 Å². The van der Waals surface area contributed by atoms with E-state index in [2.05, 4.69) is 14.7 Å². The molecule has 0 aliphatic rings. The fourth-order valence-corrected chi connectivity index (χ4v) is 3.88. The molecule has 0 amide bonds. The summed E-state index contributed by atoms with van der Waals surface area (Å²) < 4.78 is 33.3. The van der Waals surface area contributed by atoms with Gasteiger partial charge in [0.2, 0.25) is 10.0 Å². The van der Waals surface area contributed by atoms with Crippen molar-refractivity contribution in [3.05, 3.63) is 77.1 Å². The summed E-state index contributed by atoms with van der Waals surface area (Å²) in [6.07, 6.45) is 0. The van der Waals surface area contributed by atoms with E-state index < -0.39 is 10.0 Å². The van der Waals surface area contributed by atoms with Gasteiger partial charge < -0.3 is 4.74 Å². The zero-order valence-corrected chi connectivity index (χ0v) is 16.2. The number of sulfonamides is 1. The second-order valence-corrected chi connectivity index (χ2v) is 8.04. The van der Waals surface area contributed by atoms with Crippen LogP contribution in [-0.2, 0) is 15.8 Å². The van der Waals surface area contributed by atoms with Crippen LogP contribution in [0.1, 0.15) is 22.5 Å². The van der Waals surface area contributed by atoms with Crippen LogP contribution in [0.4, 0.5) is 5.69 Å². The lowest BCUT2D eigenvalue weighted by molar-refractivity contribution is 0.439. The smallest absolute Gasteiger partial charge is 0.322 e. The number of nitrogens with one attached hydrogen (secondary N) is 1. The van der Waals surface area contributed by atoms with Crippen molar-refractivity contribution in [2.75, 3.05) is 4.72 Å². The van der Waals surface area contributed by atoms with Crippen LogP contribution in [0.5, 0.6) is 11.8 Å². The van der Waals surface area contributed by atoms with Gasteiger partial charge in [0.25, 0.3) is 0 Å². The quantitative estimate of drug-likeness (QED) is 0.692. The number of nitrogens with zero attached hydrogens (tertiary/aromatic N) is 2. The van der Waals surface area contributed by atoms with Crippen LogP contribution in [0.25, 0.3) is 0 Å². The molecule has 0 fully saturated rings. The molecule has 7 heteroatoms. The SMILES string of the molecule is Cc1ccc(CS(=O)(=O)Nc2c(C)nc(Oc3ccccc3)nc2C)cc1. The molecule has 0 spiro atoms. The van der Waals surface area contributed by atoms with Gasteiger partial charge in [0.15, 0.2) is 0 Å². The molecule has 140 valence electrons. The highest BCUT2D eigenvalue weighted by atomic mass is 32.2. The van der Waals surface area contributed by atoms with E-state index in [0.29, 0.717) is 28.4 Å². The molecule has 1 N–H and O–H groups in total. The number of hydrogen-bond donors (Lipinski definition) is 1. The number of aryl methyl sites for hydroxylation is 3. The molecule has 3 rings (SSSR count). The van der Waals surface area contributed by atoms with Crippen molar-refractivity contribution in [1.82, 2.24) is 9.97 Å². The minimum atomic E-state index is -3.59. The maximum Gasteiger partial charge on any atom is 0.322 e. The van der Waals surface area contributed by atoms with Crippen molar-refractivity contribution in [2.24, 2.45) is 0 Å². The summed E-state index contributed by atoms with van der Waals surface area (Å²) in [5.74, 6) is 0.498. The van der Waals surface area contributed by atoms with E-state index in [0.717, 1.165) is 5.56 Å². The van der Waals surface area contributed by atoms with E-state index in [1.54, 1.807) is 26.0 Å². The Morgan fingerprint density at radius 2 is 1.48 bits per heavy atom. The molecule has 27 heavy (non-hydrogen) atoms. The molecule has 6 nitrogen and oxygen atoms in total. The number of rotatable bonds is 6. The average molecular weight is 383 g/mol. The van der Waals surface area contributed by atoms with E-state index in [-0.39, 0.29) is 11.8 Å². The highest BCUT2D eigenvalue weighted by Gasteiger charge is 2.17. The molecule has 0 aliphatic carbocycles. The number of aromatic nitrogens is 2. The molecule has 3 aromatic rings. The van der Waals surface area contributed by atoms with Crippen molar-refractivity contribution in [3.63, 3.8) is 0 Å². The Bertz CT molecular complexity index is 1010. The largest absolute Gasteiger partial charge is 0.424 e. The predicted octanol–water partition coefficient (Wildman–Crippen LogP) is 4.14. The summed E-state index contributed by atoms with van der Waals surface area (Å²) in [6, 6.07) is 16.8. The summed E-state index contributed by atoms with van der Waals surface area (Å²) in [5, 5.41) is 0. The number of anilines is 1. The Labute approximate surface area is 159 Å². The molecule has 0 atom stereocenters. The van der Waals surface area contributed by atoms with E-state index in [9.17, 15) is 8.42 Å². The zero-order valence-electron chi connectivity index (χ0n) is 15.4. The van der Waals surface area contributed by atoms with Crippen LogP contribution >= 0.6 is 0 Å². The Balaban J connectivity index is 1.79. The van der Waals surface area contributed by atoms with E-state index in [4.69, 9.17) is 4.74 Å². The molecule has 2 aromatic carbocycles. The summed E-state index contributed by atoms with van der Waals surface area (Å²) in [4.78, 5) is 8.54. The molecule has 0 unspecified atom stereocenters. The van der Waals surface area contributed by atoms with Gasteiger partial charge in [-0.15, -0.1) is 0 Å². The maximum atomic E-state index is 12.5. The monoisotopic (exact) mass is 383 g/mol. The molecule has 0 radical (unpaired) electrons. The first-order chi connectivity index (χ1) is 12.8. The molecule has 0 aliphatic heterocycles. The third kappa shape index (κ3) is 5.04. The van der Waals surface area contributed by atoms with E-state index in [1.807, 2.05) is 49.4 Å². The fraction of sp³-hybridized carbons (Fsp3) is 0.200. The Hall–Kier alpha value is -2.93. The minimum absolute atomic E-state index is 0.117. The first-order valence-electron chi connectivity index (χ1n) is 8.46. The van der Waals surface area contributed by atoms with Crippen LogP contribution < -0.4 is 9.46 Å². The van der Waals surface area contributed by atoms with Gasteiger partial charge in [-0.3, -0.25) is 4.72 Å². The molecule has 0 saturated carbocycles. The Kier molecular flexibility index (Phi) is 5.41. The van der Waals surface area contributed by atoms with Gasteiger partial charge >= 0.3 is 6.01 Å². The highest BCUT2D eigenvalue weighted by Crippen LogP contribution is 2.24. The fourth-order valence-electron chi connectivity index (χ4n) is 2.57. The average Bonchev–Trinajstić information content (AvgIpc) is 2.61. The second kappa shape index (κ2) is 7.75. The number of para-hydroxylation sites is 1. The topological polar surface area (TPSA) is 81.2 Å². The van der Waals surface area contributed by atoms with Gasteiger partial charge in [0.05, 0.1) is 22.8 Å². The van der Waals surface area contributed by atoms with Crippen molar-refractivity contribution in [1.29, 1.82) is 0 Å². The predicted molar refractivity (Wildman–Crippen MR) is 105 cm³/mol. The molecular formula is C20H21N3O3S. The van der Waals surface area contributed by atoms with Crippen LogP contribution in [0.15, 0.2) is 54.6 Å². The van der Waals surface area contributed by atoms with Crippen molar-refractivity contribution in [3.8, 4) is 11.8 Å². The summed E-state index contributed by atoms with van der Waals surface area (Å²) >= 11 is 0. The van der Waals surface area contributed by atoms with Gasteiger partial charge in [0, 0.05) is 0 Å². The second-order valence-electron chi connectivity index (χ2n) is 6.31. The van der Waals surface area contributed by atoms with Crippen LogP contribution in [0.2, 0.25) is 0 Å². The normalized spacial score (nSPS) is 11.2. The Morgan fingerprint density at radius 3 is 2.07 bits per heavy atom. The lowest BCUT2D eigenvalue weighted by Crippen LogP contribution is -2.17. The summed E-state index contributed by atoms with van der Waals surface area (Å²) in [6.45, 7) is 5.40. The van der Waals surface area contributed by atoms with Crippen LogP contribution in [0, 0.1) is 20.8 Å². The summed E-state index contributed by atoms with van der Waals surface area (Å²) in [5.41, 5.74) is 3.18. The molecular weight excluding hydrogens is 362 g/mol. The molecule has 0 bridgehead atoms. The van der Waals surface area contributed by atoms with Crippen LogP contribution in [0.3, 0.4) is 0 Å². The zero-order chi connectivity index (χ0) is 19.4. The lowest BCUT2D eigenvalue weighted by atomic mass is 10.2. The molecule has 1 heterocycles. The number of ether oxygens (including phenoxy) is 1. The van der Waals surface area contributed by atoms with Gasteiger partial charge in [0.1, 0.15) is 5.75 Å². The number of benzene rings is 2.